The van der Waals surface area contributed by atoms with Gasteiger partial charge in [-0.1, -0.05) is 60.4 Å². The van der Waals surface area contributed by atoms with E-state index in [2.05, 4.69) is 36.2 Å². The molecule has 124 valence electrons. The molecule has 3 heteroatoms. The van der Waals surface area contributed by atoms with Crippen molar-refractivity contribution in [1.29, 1.82) is 0 Å². The zero-order valence-electron chi connectivity index (χ0n) is 13.9. The Hall–Kier alpha value is -2.12. The van der Waals surface area contributed by atoms with E-state index >= 15 is 0 Å². The number of hydrogen-bond acceptors (Lipinski definition) is 3. The van der Waals surface area contributed by atoms with Crippen LogP contribution in [-0.2, 0) is 4.74 Å². The van der Waals surface area contributed by atoms with Gasteiger partial charge in [0.05, 0.1) is 19.3 Å². The number of hydrogen-bond donors (Lipinski definition) is 2. The smallest absolute Gasteiger partial charge is 0.145 e. The van der Waals surface area contributed by atoms with Crippen molar-refractivity contribution in [3.63, 3.8) is 0 Å². The lowest BCUT2D eigenvalue weighted by atomic mass is 9.88. The van der Waals surface area contributed by atoms with E-state index in [0.29, 0.717) is 19.6 Å². The summed E-state index contributed by atoms with van der Waals surface area (Å²) in [5.41, 5.74) is 1.01. The van der Waals surface area contributed by atoms with Gasteiger partial charge < -0.3 is 15.2 Å². The quantitative estimate of drug-likeness (QED) is 0.854. The molecule has 3 nitrogen and oxygen atoms in total. The van der Waals surface area contributed by atoms with Crippen molar-refractivity contribution in [3.05, 3.63) is 71.8 Å². The van der Waals surface area contributed by atoms with Crippen LogP contribution >= 0.6 is 0 Å². The molecule has 1 aliphatic heterocycles. The van der Waals surface area contributed by atoms with Crippen LogP contribution in [0.5, 0.6) is 0 Å². The topological polar surface area (TPSA) is 41.5 Å². The summed E-state index contributed by atoms with van der Waals surface area (Å²) in [5, 5.41) is 14.6. The van der Waals surface area contributed by atoms with Gasteiger partial charge in [-0.25, -0.2) is 0 Å². The number of nitrogens with one attached hydrogen (secondary N) is 1. The van der Waals surface area contributed by atoms with Gasteiger partial charge in [-0.05, 0) is 24.6 Å². The Morgan fingerprint density at radius 1 is 1.12 bits per heavy atom. The predicted molar refractivity (Wildman–Crippen MR) is 95.5 cm³/mol. The van der Waals surface area contributed by atoms with Gasteiger partial charge >= 0.3 is 0 Å². The highest BCUT2D eigenvalue weighted by molar-refractivity contribution is 5.37. The second kappa shape index (κ2) is 7.63. The van der Waals surface area contributed by atoms with Crippen LogP contribution < -0.4 is 5.32 Å². The molecule has 3 atom stereocenters. The summed E-state index contributed by atoms with van der Waals surface area (Å²) < 4.78 is 5.58. The third kappa shape index (κ3) is 4.04. The Labute approximate surface area is 143 Å². The molecule has 0 amide bonds. The first kappa shape index (κ1) is 16.7. The fourth-order valence-corrected chi connectivity index (χ4v) is 2.92. The Kier molecular flexibility index (Phi) is 5.32. The Morgan fingerprint density at radius 3 is 2.50 bits per heavy atom. The molecule has 1 aliphatic rings. The van der Waals surface area contributed by atoms with Crippen LogP contribution in [0.4, 0.5) is 0 Å². The summed E-state index contributed by atoms with van der Waals surface area (Å²) >= 11 is 0. The van der Waals surface area contributed by atoms with Gasteiger partial charge in [0.25, 0.3) is 0 Å². The molecule has 24 heavy (non-hydrogen) atoms. The summed E-state index contributed by atoms with van der Waals surface area (Å²) in [6.07, 6.45) is 0.506. The molecular weight excluding hydrogens is 298 g/mol. The lowest BCUT2D eigenvalue weighted by Gasteiger charge is -2.38. The van der Waals surface area contributed by atoms with Crippen molar-refractivity contribution in [2.24, 2.45) is 0 Å². The van der Waals surface area contributed by atoms with Crippen LogP contribution in [0.1, 0.15) is 30.5 Å². The molecule has 0 aromatic heterocycles. The molecule has 0 aliphatic carbocycles. The number of rotatable bonds is 3. The van der Waals surface area contributed by atoms with E-state index in [1.165, 1.54) is 5.56 Å². The van der Waals surface area contributed by atoms with E-state index in [9.17, 15) is 5.11 Å². The standard InChI is InChI=1S/C21H23NO2/c1-17(19-10-6-3-7-11-19)22-20-16-24-15-14-21(20,23)13-12-18-8-4-2-5-9-18/h2-11,17,20,22-23H,14-16H2,1H3/t17-,20+,21+/m1/s1. The van der Waals surface area contributed by atoms with Gasteiger partial charge in [-0.2, -0.15) is 0 Å². The molecule has 2 N–H and O–H groups in total. The van der Waals surface area contributed by atoms with Crippen molar-refractivity contribution in [2.45, 2.75) is 31.0 Å². The van der Waals surface area contributed by atoms with Crippen molar-refractivity contribution in [3.8, 4) is 11.8 Å². The minimum atomic E-state index is -1.09. The zero-order valence-corrected chi connectivity index (χ0v) is 13.9. The molecule has 1 fully saturated rings. The summed E-state index contributed by atoms with van der Waals surface area (Å²) in [6, 6.07) is 19.8. The lowest BCUT2D eigenvalue weighted by molar-refractivity contribution is -0.0581. The average molecular weight is 321 g/mol. The highest BCUT2D eigenvalue weighted by atomic mass is 16.5. The summed E-state index contributed by atoms with van der Waals surface area (Å²) in [5.74, 6) is 6.19. The van der Waals surface area contributed by atoms with Gasteiger partial charge in [0.2, 0.25) is 0 Å². The molecule has 0 bridgehead atoms. The highest BCUT2D eigenvalue weighted by Gasteiger charge is 2.39. The molecule has 2 aromatic rings. The molecule has 2 aromatic carbocycles. The van der Waals surface area contributed by atoms with Crippen LogP contribution in [0.3, 0.4) is 0 Å². The molecule has 1 heterocycles. The van der Waals surface area contributed by atoms with Gasteiger partial charge in [-0.15, -0.1) is 0 Å². The van der Waals surface area contributed by atoms with Crippen LogP contribution in [0, 0.1) is 11.8 Å². The van der Waals surface area contributed by atoms with Crippen LogP contribution in [0.2, 0.25) is 0 Å². The zero-order chi connectivity index (χ0) is 16.8. The van der Waals surface area contributed by atoms with Gasteiger partial charge in [0, 0.05) is 18.0 Å². The number of ether oxygens (including phenoxy) is 1. The first-order valence-electron chi connectivity index (χ1n) is 8.37. The Morgan fingerprint density at radius 2 is 1.79 bits per heavy atom. The second-order valence-electron chi connectivity index (χ2n) is 6.22. The third-order valence-corrected chi connectivity index (χ3v) is 4.44. The van der Waals surface area contributed by atoms with Crippen LogP contribution in [0.15, 0.2) is 60.7 Å². The van der Waals surface area contributed by atoms with Crippen molar-refractivity contribution < 1.29 is 9.84 Å². The van der Waals surface area contributed by atoms with E-state index in [1.54, 1.807) is 0 Å². The van der Waals surface area contributed by atoms with Crippen molar-refractivity contribution in [1.82, 2.24) is 5.32 Å². The third-order valence-electron chi connectivity index (χ3n) is 4.44. The molecular formula is C21H23NO2. The van der Waals surface area contributed by atoms with Crippen molar-refractivity contribution in [2.75, 3.05) is 13.2 Å². The summed E-state index contributed by atoms with van der Waals surface area (Å²) in [6.45, 7) is 3.07. The van der Waals surface area contributed by atoms with E-state index in [1.807, 2.05) is 48.5 Å². The number of aliphatic hydroxyl groups is 1. The van der Waals surface area contributed by atoms with Crippen molar-refractivity contribution >= 4 is 0 Å². The van der Waals surface area contributed by atoms with E-state index in [4.69, 9.17) is 4.74 Å². The van der Waals surface area contributed by atoms with E-state index in [-0.39, 0.29) is 12.1 Å². The fourth-order valence-electron chi connectivity index (χ4n) is 2.92. The molecule has 0 saturated carbocycles. The maximum atomic E-state index is 11.1. The Balaban J connectivity index is 1.76. The maximum Gasteiger partial charge on any atom is 0.145 e. The fraction of sp³-hybridized carbons (Fsp3) is 0.333. The first-order valence-corrected chi connectivity index (χ1v) is 8.37. The maximum absolute atomic E-state index is 11.1. The SMILES string of the molecule is C[C@@H](N[C@H]1COCC[C@@]1(O)C#Cc1ccccc1)c1ccccc1. The lowest BCUT2D eigenvalue weighted by Crippen LogP contribution is -2.56. The van der Waals surface area contributed by atoms with Gasteiger partial charge in [-0.3, -0.25) is 0 Å². The minimum absolute atomic E-state index is 0.114. The number of benzene rings is 2. The Bertz CT molecular complexity index is 705. The summed E-state index contributed by atoms with van der Waals surface area (Å²) in [7, 11) is 0. The normalized spacial score (nSPS) is 24.7. The molecule has 3 rings (SSSR count). The van der Waals surface area contributed by atoms with E-state index in [0.717, 1.165) is 5.56 Å². The molecule has 0 unspecified atom stereocenters. The monoisotopic (exact) mass is 321 g/mol. The van der Waals surface area contributed by atoms with Gasteiger partial charge in [0.1, 0.15) is 5.60 Å². The minimum Gasteiger partial charge on any atom is -0.380 e. The molecule has 0 radical (unpaired) electrons. The molecule has 0 spiro atoms. The highest BCUT2D eigenvalue weighted by Crippen LogP contribution is 2.24. The average Bonchev–Trinajstić information content (AvgIpc) is 2.64. The van der Waals surface area contributed by atoms with Crippen LogP contribution in [0.25, 0.3) is 0 Å². The predicted octanol–water partition coefficient (Wildman–Crippen LogP) is 2.91. The largest absolute Gasteiger partial charge is 0.380 e. The van der Waals surface area contributed by atoms with Gasteiger partial charge in [0.15, 0.2) is 0 Å². The summed E-state index contributed by atoms with van der Waals surface area (Å²) in [4.78, 5) is 0. The van der Waals surface area contributed by atoms with Crippen LogP contribution in [-0.4, -0.2) is 30.0 Å². The second-order valence-corrected chi connectivity index (χ2v) is 6.22. The molecule has 1 saturated heterocycles. The first-order chi connectivity index (χ1) is 11.7. The van der Waals surface area contributed by atoms with E-state index < -0.39 is 5.60 Å².